The fraction of sp³-hybridized carbons (Fsp3) is 0.211. The Morgan fingerprint density at radius 1 is 1.03 bits per heavy atom. The van der Waals surface area contributed by atoms with Crippen LogP contribution in [0.25, 0.3) is 0 Å². The van der Waals surface area contributed by atoms with Gasteiger partial charge in [-0.25, -0.2) is 0 Å². The maximum absolute atomic E-state index is 13.0. The second-order valence-electron chi connectivity index (χ2n) is 6.26. The number of nitrogens with zero attached hydrogens (tertiary/aromatic N) is 2. The Bertz CT molecular complexity index is 1060. The molecule has 0 aliphatic rings. The lowest BCUT2D eigenvalue weighted by atomic mass is 10.1. The average Bonchev–Trinajstić information content (AvgIpc) is 3.10. The van der Waals surface area contributed by atoms with Gasteiger partial charge in [-0.15, -0.1) is 0 Å². The van der Waals surface area contributed by atoms with Crippen LogP contribution in [0.3, 0.4) is 0 Å². The van der Waals surface area contributed by atoms with Gasteiger partial charge in [-0.1, -0.05) is 17.3 Å². The Morgan fingerprint density at radius 3 is 2.19 bits per heavy atom. The summed E-state index contributed by atoms with van der Waals surface area (Å²) in [5, 5.41) is 5.67. The quantitative estimate of drug-likeness (QED) is 0.543. The van der Waals surface area contributed by atoms with Gasteiger partial charge in [0.15, 0.2) is 6.61 Å². The van der Waals surface area contributed by atoms with Crippen LogP contribution >= 0.6 is 0 Å². The van der Waals surface area contributed by atoms with Crippen LogP contribution in [0, 0.1) is 6.92 Å². The van der Waals surface area contributed by atoms with Gasteiger partial charge in [-0.05, 0) is 30.3 Å². The molecule has 3 rings (SSSR count). The van der Waals surface area contributed by atoms with Crippen molar-refractivity contribution < 1.29 is 40.4 Å². The summed E-state index contributed by atoms with van der Waals surface area (Å²) in [7, 11) is 0. The van der Waals surface area contributed by atoms with Crippen LogP contribution < -0.4 is 10.1 Å². The van der Waals surface area contributed by atoms with Crippen LogP contribution in [0.2, 0.25) is 0 Å². The van der Waals surface area contributed by atoms with Crippen LogP contribution in [-0.2, 0) is 19.0 Å². The molecular weight excluding hydrogens is 432 g/mol. The minimum Gasteiger partial charge on any atom is -0.485 e. The number of amides is 1. The third kappa shape index (κ3) is 5.53. The number of hydrogen-bond acceptors (Lipinski definition) is 5. The standard InChI is InChI=1S/C19H13F6N3O3/c1-10-26-16(28-31-10)9-30-15-5-3-2-4-14(15)17(29)27-13-7-11(18(20,21)22)6-12(8-13)19(23,24)25/h2-8H,9H2,1H3,(H,27,29). The third-order valence-electron chi connectivity index (χ3n) is 3.90. The molecule has 1 heterocycles. The highest BCUT2D eigenvalue weighted by Crippen LogP contribution is 2.37. The Labute approximate surface area is 170 Å². The van der Waals surface area contributed by atoms with Gasteiger partial charge < -0.3 is 14.6 Å². The van der Waals surface area contributed by atoms with E-state index in [1.807, 2.05) is 0 Å². The number of para-hydroxylation sites is 1. The lowest BCUT2D eigenvalue weighted by molar-refractivity contribution is -0.143. The smallest absolute Gasteiger partial charge is 0.416 e. The highest BCUT2D eigenvalue weighted by atomic mass is 19.4. The van der Waals surface area contributed by atoms with Crippen LogP contribution in [-0.4, -0.2) is 16.0 Å². The van der Waals surface area contributed by atoms with E-state index in [1.54, 1.807) is 6.92 Å². The summed E-state index contributed by atoms with van der Waals surface area (Å²) in [5.41, 5.74) is -3.88. The van der Waals surface area contributed by atoms with Gasteiger partial charge in [0.1, 0.15) is 5.75 Å². The second-order valence-corrected chi connectivity index (χ2v) is 6.26. The Balaban J connectivity index is 1.86. The van der Waals surface area contributed by atoms with E-state index in [9.17, 15) is 31.1 Å². The molecule has 164 valence electrons. The number of anilines is 1. The van der Waals surface area contributed by atoms with Crippen molar-refractivity contribution in [1.82, 2.24) is 10.1 Å². The van der Waals surface area contributed by atoms with Crippen molar-refractivity contribution in [1.29, 1.82) is 0 Å². The summed E-state index contributed by atoms with van der Waals surface area (Å²) in [4.78, 5) is 16.5. The molecule has 31 heavy (non-hydrogen) atoms. The maximum Gasteiger partial charge on any atom is 0.416 e. The third-order valence-corrected chi connectivity index (χ3v) is 3.90. The first-order valence-corrected chi connectivity index (χ1v) is 8.55. The number of aryl methyl sites for hydroxylation is 1. The van der Waals surface area contributed by atoms with E-state index in [4.69, 9.17) is 9.26 Å². The zero-order valence-corrected chi connectivity index (χ0v) is 15.6. The summed E-state index contributed by atoms with van der Waals surface area (Å²) in [6.45, 7) is 1.38. The van der Waals surface area contributed by atoms with Crippen molar-refractivity contribution in [2.75, 3.05) is 5.32 Å². The van der Waals surface area contributed by atoms with Crippen molar-refractivity contribution in [2.45, 2.75) is 25.9 Å². The first kappa shape index (κ1) is 22.1. The molecule has 1 aromatic heterocycles. The van der Waals surface area contributed by atoms with Gasteiger partial charge in [-0.3, -0.25) is 4.79 Å². The summed E-state index contributed by atoms with van der Waals surface area (Å²) < 4.78 is 88.3. The fourth-order valence-electron chi connectivity index (χ4n) is 2.55. The predicted octanol–water partition coefficient (Wildman–Crippen LogP) is 5.25. The molecule has 0 aliphatic carbocycles. The number of carbonyl (C=O) groups is 1. The molecule has 0 saturated heterocycles. The molecule has 0 bridgehead atoms. The van der Waals surface area contributed by atoms with Gasteiger partial charge in [0.2, 0.25) is 11.7 Å². The largest absolute Gasteiger partial charge is 0.485 e. The van der Waals surface area contributed by atoms with Crippen LogP contribution in [0.5, 0.6) is 5.75 Å². The average molecular weight is 445 g/mol. The normalized spacial score (nSPS) is 12.0. The van der Waals surface area contributed by atoms with Crippen molar-refractivity contribution in [2.24, 2.45) is 0 Å². The summed E-state index contributed by atoms with van der Waals surface area (Å²) in [6, 6.07) is 6.48. The highest BCUT2D eigenvalue weighted by molar-refractivity contribution is 6.06. The lowest BCUT2D eigenvalue weighted by Gasteiger charge is -2.15. The number of benzene rings is 2. The molecule has 0 aliphatic heterocycles. The minimum absolute atomic E-state index is 0.0190. The Hall–Kier alpha value is -3.57. The molecule has 0 atom stereocenters. The number of alkyl halides is 6. The predicted molar refractivity (Wildman–Crippen MR) is 94.2 cm³/mol. The number of aromatic nitrogens is 2. The van der Waals surface area contributed by atoms with Crippen LogP contribution in [0.15, 0.2) is 47.0 Å². The molecule has 0 spiro atoms. The SMILES string of the molecule is Cc1nc(COc2ccccc2C(=O)Nc2cc(C(F)(F)F)cc(C(F)(F)F)c2)no1. The van der Waals surface area contributed by atoms with Crippen LogP contribution in [0.1, 0.15) is 33.2 Å². The van der Waals surface area contributed by atoms with Gasteiger partial charge in [0.25, 0.3) is 5.91 Å². The molecule has 0 unspecified atom stereocenters. The summed E-state index contributed by atoms with van der Waals surface area (Å²) >= 11 is 0. The molecule has 6 nitrogen and oxygen atoms in total. The van der Waals surface area contributed by atoms with Crippen molar-refractivity contribution >= 4 is 11.6 Å². The molecule has 0 fully saturated rings. The molecule has 12 heteroatoms. The molecule has 1 N–H and O–H groups in total. The number of halogens is 6. The van der Waals surface area contributed by atoms with Crippen LogP contribution in [0.4, 0.5) is 32.0 Å². The monoisotopic (exact) mass is 445 g/mol. The van der Waals surface area contributed by atoms with E-state index in [0.29, 0.717) is 12.1 Å². The summed E-state index contributed by atoms with van der Waals surface area (Å²) in [5.74, 6) is -0.479. The molecule has 1 amide bonds. The maximum atomic E-state index is 13.0. The number of ether oxygens (including phenoxy) is 1. The summed E-state index contributed by atoms with van der Waals surface area (Å²) in [6.07, 6.45) is -10.1. The van der Waals surface area contributed by atoms with Crippen molar-refractivity contribution in [3.05, 3.63) is 70.9 Å². The Morgan fingerprint density at radius 2 is 1.65 bits per heavy atom. The zero-order chi connectivity index (χ0) is 22.8. The molecule has 2 aromatic carbocycles. The lowest BCUT2D eigenvalue weighted by Crippen LogP contribution is -2.16. The van der Waals surface area contributed by atoms with E-state index in [1.165, 1.54) is 24.3 Å². The fourth-order valence-corrected chi connectivity index (χ4v) is 2.55. The minimum atomic E-state index is -5.04. The molecule has 0 radical (unpaired) electrons. The Kier molecular flexibility index (Phi) is 5.91. The van der Waals surface area contributed by atoms with E-state index in [0.717, 1.165) is 0 Å². The molecule has 0 saturated carbocycles. The van der Waals surface area contributed by atoms with E-state index in [2.05, 4.69) is 15.5 Å². The number of hydrogen-bond donors (Lipinski definition) is 1. The first-order valence-electron chi connectivity index (χ1n) is 8.55. The van der Waals surface area contributed by atoms with E-state index >= 15 is 0 Å². The zero-order valence-electron chi connectivity index (χ0n) is 15.6. The van der Waals surface area contributed by atoms with E-state index in [-0.39, 0.29) is 35.7 Å². The van der Waals surface area contributed by atoms with Crippen molar-refractivity contribution in [3.8, 4) is 5.75 Å². The van der Waals surface area contributed by atoms with Gasteiger partial charge in [-0.2, -0.15) is 31.3 Å². The molecular formula is C19H13F6N3O3. The first-order chi connectivity index (χ1) is 14.4. The van der Waals surface area contributed by atoms with Crippen molar-refractivity contribution in [3.63, 3.8) is 0 Å². The van der Waals surface area contributed by atoms with Gasteiger partial charge >= 0.3 is 12.4 Å². The number of nitrogens with one attached hydrogen (secondary N) is 1. The van der Waals surface area contributed by atoms with Gasteiger partial charge in [0.05, 0.1) is 16.7 Å². The second kappa shape index (κ2) is 8.28. The number of carbonyl (C=O) groups excluding carboxylic acids is 1. The number of rotatable bonds is 5. The topological polar surface area (TPSA) is 77.2 Å². The highest BCUT2D eigenvalue weighted by Gasteiger charge is 2.37. The van der Waals surface area contributed by atoms with Gasteiger partial charge in [0, 0.05) is 12.6 Å². The van der Waals surface area contributed by atoms with E-state index < -0.39 is 35.1 Å². The molecule has 3 aromatic rings.